The first-order valence-corrected chi connectivity index (χ1v) is 8.37. The first-order valence-electron chi connectivity index (χ1n) is 7.61. The average molecular weight is 382 g/mol. The standard InChI is InChI=1S/C19H18Cl2FNO2/c1-23(2)9-10-25-15-6-3-13(18(22)12-15)4-8-19(24)16-7-5-14(20)11-17(16)21/h3-8,11-12H,9-10H2,1-2H3/b8-4+. The number of carbonyl (C=O) groups is 1. The number of allylic oxidation sites excluding steroid dienone is 1. The smallest absolute Gasteiger partial charge is 0.187 e. The minimum Gasteiger partial charge on any atom is -0.492 e. The molecule has 6 heteroatoms. The molecule has 25 heavy (non-hydrogen) atoms. The molecule has 0 fully saturated rings. The van der Waals surface area contributed by atoms with E-state index >= 15 is 0 Å². The Morgan fingerprint density at radius 1 is 1.20 bits per heavy atom. The number of hydrogen-bond donors (Lipinski definition) is 0. The second kappa shape index (κ2) is 8.99. The summed E-state index contributed by atoms with van der Waals surface area (Å²) in [5, 5.41) is 0.702. The van der Waals surface area contributed by atoms with Gasteiger partial charge in [0.05, 0.1) is 5.02 Å². The highest BCUT2D eigenvalue weighted by molar-refractivity contribution is 6.37. The highest BCUT2D eigenvalue weighted by Gasteiger charge is 2.08. The molecule has 0 amide bonds. The van der Waals surface area contributed by atoms with Crippen LogP contribution < -0.4 is 4.74 Å². The number of ketones is 1. The number of benzene rings is 2. The van der Waals surface area contributed by atoms with Crippen molar-refractivity contribution in [2.24, 2.45) is 0 Å². The zero-order valence-electron chi connectivity index (χ0n) is 13.9. The second-order valence-corrected chi connectivity index (χ2v) is 6.50. The van der Waals surface area contributed by atoms with Gasteiger partial charge in [-0.25, -0.2) is 4.39 Å². The highest BCUT2D eigenvalue weighted by atomic mass is 35.5. The van der Waals surface area contributed by atoms with Gasteiger partial charge in [-0.3, -0.25) is 4.79 Å². The quantitative estimate of drug-likeness (QED) is 0.500. The molecule has 0 aliphatic carbocycles. The second-order valence-electron chi connectivity index (χ2n) is 5.66. The minimum atomic E-state index is -0.464. The van der Waals surface area contributed by atoms with Crippen LogP contribution in [0.2, 0.25) is 10.0 Å². The molecule has 0 radical (unpaired) electrons. The number of nitrogens with zero attached hydrogens (tertiary/aromatic N) is 1. The number of carbonyl (C=O) groups excluding carboxylic acids is 1. The molecule has 0 heterocycles. The zero-order chi connectivity index (χ0) is 18.4. The van der Waals surface area contributed by atoms with E-state index in [-0.39, 0.29) is 10.8 Å². The highest BCUT2D eigenvalue weighted by Crippen LogP contribution is 2.22. The molecule has 2 rings (SSSR count). The van der Waals surface area contributed by atoms with Crippen molar-refractivity contribution in [2.75, 3.05) is 27.2 Å². The molecule has 0 aliphatic rings. The molecule has 0 saturated heterocycles. The average Bonchev–Trinajstić information content (AvgIpc) is 2.53. The van der Waals surface area contributed by atoms with Crippen molar-refractivity contribution in [1.29, 1.82) is 0 Å². The van der Waals surface area contributed by atoms with E-state index in [1.165, 1.54) is 30.4 Å². The van der Waals surface area contributed by atoms with Crippen LogP contribution in [0.1, 0.15) is 15.9 Å². The lowest BCUT2D eigenvalue weighted by atomic mass is 10.1. The van der Waals surface area contributed by atoms with Gasteiger partial charge in [0.25, 0.3) is 0 Å². The van der Waals surface area contributed by atoms with Crippen molar-refractivity contribution < 1.29 is 13.9 Å². The SMILES string of the molecule is CN(C)CCOc1ccc(/C=C/C(=O)c2ccc(Cl)cc2Cl)c(F)c1. The maximum Gasteiger partial charge on any atom is 0.187 e. The van der Waals surface area contributed by atoms with E-state index in [0.29, 0.717) is 28.5 Å². The van der Waals surface area contributed by atoms with E-state index in [4.69, 9.17) is 27.9 Å². The van der Waals surface area contributed by atoms with Gasteiger partial charge in [-0.2, -0.15) is 0 Å². The molecule has 3 nitrogen and oxygen atoms in total. The number of hydrogen-bond acceptors (Lipinski definition) is 3. The van der Waals surface area contributed by atoms with E-state index in [1.54, 1.807) is 18.2 Å². The van der Waals surface area contributed by atoms with E-state index in [9.17, 15) is 9.18 Å². The Morgan fingerprint density at radius 3 is 2.60 bits per heavy atom. The summed E-state index contributed by atoms with van der Waals surface area (Å²) in [5.74, 6) is -0.343. The van der Waals surface area contributed by atoms with Crippen LogP contribution in [-0.2, 0) is 0 Å². The third kappa shape index (κ3) is 5.85. The van der Waals surface area contributed by atoms with Crippen molar-refractivity contribution in [2.45, 2.75) is 0 Å². The van der Waals surface area contributed by atoms with Gasteiger partial charge in [-0.15, -0.1) is 0 Å². The lowest BCUT2D eigenvalue weighted by Crippen LogP contribution is -2.19. The Kier molecular flexibility index (Phi) is 7.00. The summed E-state index contributed by atoms with van der Waals surface area (Å²) < 4.78 is 19.6. The summed E-state index contributed by atoms with van der Waals surface area (Å²) in [6, 6.07) is 9.13. The Balaban J connectivity index is 2.06. The lowest BCUT2D eigenvalue weighted by Gasteiger charge is -2.11. The van der Waals surface area contributed by atoms with Gasteiger partial charge in [0.15, 0.2) is 5.78 Å². The van der Waals surface area contributed by atoms with Crippen LogP contribution in [0.3, 0.4) is 0 Å². The minimum absolute atomic E-state index is 0.257. The van der Waals surface area contributed by atoms with Gasteiger partial charge in [0, 0.05) is 28.8 Å². The van der Waals surface area contributed by atoms with Crippen molar-refractivity contribution in [3.8, 4) is 5.75 Å². The maximum atomic E-state index is 14.1. The van der Waals surface area contributed by atoms with Gasteiger partial charge in [-0.1, -0.05) is 23.2 Å². The van der Waals surface area contributed by atoms with Gasteiger partial charge in [-0.05, 0) is 56.6 Å². The van der Waals surface area contributed by atoms with Gasteiger partial charge in [0.2, 0.25) is 0 Å². The summed E-state index contributed by atoms with van der Waals surface area (Å²) in [6.45, 7) is 1.20. The van der Waals surface area contributed by atoms with Crippen LogP contribution in [0.25, 0.3) is 6.08 Å². The summed E-state index contributed by atoms with van der Waals surface area (Å²) in [5.41, 5.74) is 0.602. The molecule has 0 bridgehead atoms. The summed E-state index contributed by atoms with van der Waals surface area (Å²) >= 11 is 11.8. The van der Waals surface area contributed by atoms with Crippen molar-refractivity contribution in [3.63, 3.8) is 0 Å². The van der Waals surface area contributed by atoms with Crippen molar-refractivity contribution >= 4 is 35.1 Å². The number of likely N-dealkylation sites (N-methyl/N-ethyl adjacent to an activating group) is 1. The Bertz CT molecular complexity index is 791. The Hall–Kier alpha value is -1.88. The van der Waals surface area contributed by atoms with Gasteiger partial charge in [0.1, 0.15) is 18.2 Å². The van der Waals surface area contributed by atoms with Gasteiger partial charge < -0.3 is 9.64 Å². The molecule has 0 saturated carbocycles. The summed E-state index contributed by atoms with van der Waals surface area (Å²) in [4.78, 5) is 14.1. The fraction of sp³-hybridized carbons (Fsp3) is 0.211. The molecule has 132 valence electrons. The first-order chi connectivity index (χ1) is 11.9. The number of halogens is 3. The van der Waals surface area contributed by atoms with Crippen LogP contribution in [0.5, 0.6) is 5.75 Å². The molecule has 0 aliphatic heterocycles. The molecule has 0 N–H and O–H groups in total. The van der Waals surface area contributed by atoms with Crippen molar-refractivity contribution in [3.05, 3.63) is 69.5 Å². The topological polar surface area (TPSA) is 29.5 Å². The molecule has 0 unspecified atom stereocenters. The fourth-order valence-corrected chi connectivity index (χ4v) is 2.53. The maximum absolute atomic E-state index is 14.1. The van der Waals surface area contributed by atoms with Crippen LogP contribution in [0.15, 0.2) is 42.5 Å². The molecule has 2 aromatic carbocycles. The third-order valence-electron chi connectivity index (χ3n) is 3.39. The molecule has 0 spiro atoms. The zero-order valence-corrected chi connectivity index (χ0v) is 15.4. The molecular formula is C19H18Cl2FNO2. The van der Waals surface area contributed by atoms with E-state index < -0.39 is 5.82 Å². The van der Waals surface area contributed by atoms with Crippen LogP contribution in [0, 0.1) is 5.82 Å². The Morgan fingerprint density at radius 2 is 1.96 bits per heavy atom. The van der Waals surface area contributed by atoms with Crippen LogP contribution in [0.4, 0.5) is 4.39 Å². The first kappa shape index (κ1) is 19.4. The van der Waals surface area contributed by atoms with Crippen molar-refractivity contribution in [1.82, 2.24) is 4.90 Å². The largest absolute Gasteiger partial charge is 0.492 e. The van der Waals surface area contributed by atoms with E-state index in [1.807, 2.05) is 19.0 Å². The molecular weight excluding hydrogens is 364 g/mol. The monoisotopic (exact) mass is 381 g/mol. The summed E-state index contributed by atoms with van der Waals surface area (Å²) in [7, 11) is 3.86. The van der Waals surface area contributed by atoms with Crippen LogP contribution in [-0.4, -0.2) is 37.9 Å². The number of rotatable bonds is 7. The predicted octanol–water partition coefficient (Wildman–Crippen LogP) is 4.97. The fourth-order valence-electron chi connectivity index (χ4n) is 2.02. The molecule has 0 aromatic heterocycles. The normalized spacial score (nSPS) is 11.3. The number of ether oxygens (including phenoxy) is 1. The van der Waals surface area contributed by atoms with E-state index in [2.05, 4.69) is 0 Å². The van der Waals surface area contributed by atoms with Crippen LogP contribution >= 0.6 is 23.2 Å². The third-order valence-corrected chi connectivity index (χ3v) is 3.94. The molecule has 2 aromatic rings. The predicted molar refractivity (Wildman–Crippen MR) is 100 cm³/mol. The van der Waals surface area contributed by atoms with E-state index in [0.717, 1.165) is 6.54 Å². The molecule has 0 atom stereocenters. The van der Waals surface area contributed by atoms with Gasteiger partial charge >= 0.3 is 0 Å². The lowest BCUT2D eigenvalue weighted by molar-refractivity contribution is 0.104. The summed E-state index contributed by atoms with van der Waals surface area (Å²) in [6.07, 6.45) is 2.69. The Labute approximate surface area is 156 Å².